The van der Waals surface area contributed by atoms with Crippen LogP contribution in [0, 0.1) is 0 Å². The molecule has 0 aromatic heterocycles. The Morgan fingerprint density at radius 3 is 2.73 bits per heavy atom. The summed E-state index contributed by atoms with van der Waals surface area (Å²) in [5, 5.41) is 5.74. The lowest BCUT2D eigenvalue weighted by molar-refractivity contribution is -0.118. The standard InChI is InChI=1S/C15H26N6O/c1-10(2)18-15(16-6)20-14(22)8-17-9-21-12(4)7-11(3)19-13(21)5/h7,9-10,13H,8H2,1-6H3,(H2,16,18,20,22)/b17-9-. The number of hydrogen-bond donors (Lipinski definition) is 2. The van der Waals surface area contributed by atoms with Crippen LogP contribution in [-0.2, 0) is 4.79 Å². The number of amides is 1. The molecular formula is C15H26N6O. The van der Waals surface area contributed by atoms with Gasteiger partial charge in [0.05, 0.1) is 6.34 Å². The van der Waals surface area contributed by atoms with Crippen molar-refractivity contribution in [1.82, 2.24) is 15.5 Å². The minimum atomic E-state index is -0.212. The van der Waals surface area contributed by atoms with E-state index in [1.165, 1.54) is 0 Å². The van der Waals surface area contributed by atoms with E-state index >= 15 is 0 Å². The van der Waals surface area contributed by atoms with Crippen molar-refractivity contribution in [1.29, 1.82) is 0 Å². The highest BCUT2D eigenvalue weighted by Crippen LogP contribution is 2.13. The van der Waals surface area contributed by atoms with Gasteiger partial charge in [0.25, 0.3) is 0 Å². The summed E-state index contributed by atoms with van der Waals surface area (Å²) in [7, 11) is 1.62. The van der Waals surface area contributed by atoms with Gasteiger partial charge < -0.3 is 10.2 Å². The fourth-order valence-electron chi connectivity index (χ4n) is 2.07. The first-order chi connectivity index (χ1) is 10.3. The van der Waals surface area contributed by atoms with Crippen LogP contribution in [0.3, 0.4) is 0 Å². The van der Waals surface area contributed by atoms with E-state index in [-0.39, 0.29) is 24.7 Å². The summed E-state index contributed by atoms with van der Waals surface area (Å²) < 4.78 is 0. The first-order valence-corrected chi connectivity index (χ1v) is 7.37. The molecule has 1 rings (SSSR count). The maximum Gasteiger partial charge on any atom is 0.248 e. The number of rotatable bonds is 4. The lowest BCUT2D eigenvalue weighted by atomic mass is 10.2. The number of hydrogen-bond acceptors (Lipinski definition) is 4. The molecule has 0 radical (unpaired) electrons. The van der Waals surface area contributed by atoms with Crippen LogP contribution in [0.4, 0.5) is 0 Å². The zero-order valence-electron chi connectivity index (χ0n) is 14.2. The second kappa shape index (κ2) is 8.31. The third kappa shape index (κ3) is 5.67. The summed E-state index contributed by atoms with van der Waals surface area (Å²) in [4.78, 5) is 26.4. The third-order valence-electron chi connectivity index (χ3n) is 2.97. The van der Waals surface area contributed by atoms with Gasteiger partial charge in [-0.15, -0.1) is 0 Å². The maximum atomic E-state index is 11.8. The van der Waals surface area contributed by atoms with Gasteiger partial charge in [-0.05, 0) is 40.7 Å². The molecule has 7 heteroatoms. The topological polar surface area (TPSA) is 81.5 Å². The summed E-state index contributed by atoms with van der Waals surface area (Å²) in [5.74, 6) is 0.244. The van der Waals surface area contributed by atoms with E-state index in [1.807, 2.05) is 45.6 Å². The molecule has 0 aromatic rings. The van der Waals surface area contributed by atoms with Crippen LogP contribution >= 0.6 is 0 Å². The average molecular weight is 306 g/mol. The Labute approximate surface area is 132 Å². The predicted octanol–water partition coefficient (Wildman–Crippen LogP) is 1.14. The Bertz CT molecular complexity index is 518. The zero-order valence-corrected chi connectivity index (χ0v) is 14.2. The Morgan fingerprint density at radius 1 is 1.50 bits per heavy atom. The number of aliphatic imine (C=N–C) groups is 3. The van der Waals surface area contributed by atoms with Gasteiger partial charge >= 0.3 is 0 Å². The quantitative estimate of drug-likeness (QED) is 0.603. The van der Waals surface area contributed by atoms with E-state index in [9.17, 15) is 4.79 Å². The van der Waals surface area contributed by atoms with Crippen LogP contribution in [0.15, 0.2) is 26.8 Å². The van der Waals surface area contributed by atoms with Crippen molar-refractivity contribution in [3.8, 4) is 0 Å². The van der Waals surface area contributed by atoms with Crippen molar-refractivity contribution >= 4 is 23.9 Å². The first-order valence-electron chi connectivity index (χ1n) is 7.37. The molecule has 7 nitrogen and oxygen atoms in total. The minimum Gasteiger partial charge on any atom is -0.354 e. The van der Waals surface area contributed by atoms with Gasteiger partial charge in [-0.3, -0.25) is 25.1 Å². The van der Waals surface area contributed by atoms with Crippen LogP contribution in [-0.4, -0.2) is 54.6 Å². The van der Waals surface area contributed by atoms with Crippen molar-refractivity contribution in [3.05, 3.63) is 11.8 Å². The SMILES string of the molecule is C/N=C(/NC(=O)C/N=C\N1C(C)=CC(C)=NC1C)NC(C)C. The molecule has 0 saturated carbocycles. The normalized spacial score (nSPS) is 19.3. The molecule has 1 heterocycles. The molecule has 1 aliphatic heterocycles. The van der Waals surface area contributed by atoms with Gasteiger partial charge in [-0.2, -0.15) is 0 Å². The van der Waals surface area contributed by atoms with E-state index in [2.05, 4.69) is 25.6 Å². The summed E-state index contributed by atoms with van der Waals surface area (Å²) in [6.45, 7) is 9.94. The van der Waals surface area contributed by atoms with Crippen LogP contribution in [0.1, 0.15) is 34.6 Å². The minimum absolute atomic E-state index is 0.00724. The summed E-state index contributed by atoms with van der Waals surface area (Å²) in [6, 6.07) is 0.200. The molecule has 0 fully saturated rings. The van der Waals surface area contributed by atoms with E-state index in [0.717, 1.165) is 11.4 Å². The molecule has 0 bridgehead atoms. The number of allylic oxidation sites excluding steroid dienone is 2. The molecule has 0 spiro atoms. The van der Waals surface area contributed by atoms with Crippen LogP contribution in [0.25, 0.3) is 0 Å². The predicted molar refractivity (Wildman–Crippen MR) is 91.3 cm³/mol. The molecule has 2 N–H and O–H groups in total. The summed E-state index contributed by atoms with van der Waals surface area (Å²) in [6.07, 6.45) is 3.64. The number of carbonyl (C=O) groups excluding carboxylic acids is 1. The second-order valence-corrected chi connectivity index (χ2v) is 5.47. The first kappa shape index (κ1) is 17.9. The highest BCUT2D eigenvalue weighted by molar-refractivity contribution is 5.98. The van der Waals surface area contributed by atoms with Crippen molar-refractivity contribution in [2.75, 3.05) is 13.6 Å². The van der Waals surface area contributed by atoms with Crippen molar-refractivity contribution in [2.45, 2.75) is 46.8 Å². The number of nitrogens with one attached hydrogen (secondary N) is 2. The molecule has 1 atom stereocenters. The lowest BCUT2D eigenvalue weighted by Gasteiger charge is -2.28. The molecule has 1 unspecified atom stereocenters. The Morgan fingerprint density at radius 2 is 2.18 bits per heavy atom. The Hall–Kier alpha value is -2.18. The molecule has 122 valence electrons. The summed E-state index contributed by atoms with van der Waals surface area (Å²) >= 11 is 0. The van der Waals surface area contributed by atoms with E-state index in [1.54, 1.807) is 13.4 Å². The average Bonchev–Trinajstić information content (AvgIpc) is 2.40. The smallest absolute Gasteiger partial charge is 0.248 e. The highest BCUT2D eigenvalue weighted by Gasteiger charge is 2.15. The van der Waals surface area contributed by atoms with Crippen LogP contribution in [0.2, 0.25) is 0 Å². The van der Waals surface area contributed by atoms with Gasteiger partial charge in [0.1, 0.15) is 12.7 Å². The Balaban J connectivity index is 2.52. The fourth-order valence-corrected chi connectivity index (χ4v) is 2.07. The molecule has 0 aliphatic carbocycles. The van der Waals surface area contributed by atoms with Crippen molar-refractivity contribution in [2.24, 2.45) is 15.0 Å². The van der Waals surface area contributed by atoms with E-state index in [0.29, 0.717) is 5.96 Å². The van der Waals surface area contributed by atoms with Gasteiger partial charge in [0.15, 0.2) is 5.96 Å². The second-order valence-electron chi connectivity index (χ2n) is 5.47. The van der Waals surface area contributed by atoms with Gasteiger partial charge in [-0.25, -0.2) is 0 Å². The van der Waals surface area contributed by atoms with Gasteiger partial charge in [0.2, 0.25) is 5.91 Å². The van der Waals surface area contributed by atoms with Gasteiger partial charge in [-0.1, -0.05) is 0 Å². The zero-order chi connectivity index (χ0) is 16.7. The van der Waals surface area contributed by atoms with Crippen LogP contribution < -0.4 is 10.6 Å². The lowest BCUT2D eigenvalue weighted by Crippen LogP contribution is -2.44. The molecule has 0 saturated heterocycles. The fraction of sp³-hybridized carbons (Fsp3) is 0.600. The van der Waals surface area contributed by atoms with E-state index < -0.39 is 0 Å². The van der Waals surface area contributed by atoms with E-state index in [4.69, 9.17) is 0 Å². The van der Waals surface area contributed by atoms with Crippen LogP contribution in [0.5, 0.6) is 0 Å². The largest absolute Gasteiger partial charge is 0.354 e. The third-order valence-corrected chi connectivity index (χ3v) is 2.97. The molecule has 1 amide bonds. The monoisotopic (exact) mass is 306 g/mol. The van der Waals surface area contributed by atoms with Crippen molar-refractivity contribution < 1.29 is 4.79 Å². The number of nitrogens with zero attached hydrogens (tertiary/aromatic N) is 4. The highest BCUT2D eigenvalue weighted by atomic mass is 16.2. The molecule has 1 aliphatic rings. The summed E-state index contributed by atoms with van der Waals surface area (Å²) in [5.41, 5.74) is 2.05. The van der Waals surface area contributed by atoms with Gasteiger partial charge in [0, 0.05) is 24.5 Å². The molecule has 22 heavy (non-hydrogen) atoms. The Kier molecular flexibility index (Phi) is 6.75. The molecule has 0 aromatic carbocycles. The maximum absolute atomic E-state index is 11.8. The molecular weight excluding hydrogens is 280 g/mol. The number of carbonyl (C=O) groups is 1. The van der Waals surface area contributed by atoms with Crippen molar-refractivity contribution in [3.63, 3.8) is 0 Å². The number of guanidine groups is 1.